The lowest BCUT2D eigenvalue weighted by Gasteiger charge is -2.08. The van der Waals surface area contributed by atoms with Gasteiger partial charge in [0, 0.05) is 6.07 Å². The van der Waals surface area contributed by atoms with Gasteiger partial charge >= 0.3 is 5.69 Å². The first-order valence-corrected chi connectivity index (χ1v) is 4.86. The number of tetrazole rings is 1. The fraction of sp³-hybridized carbons (Fsp3) is 0.222. The van der Waals surface area contributed by atoms with E-state index in [1.54, 1.807) is 12.1 Å². The van der Waals surface area contributed by atoms with E-state index in [1.807, 2.05) is 6.92 Å². The molecule has 1 N–H and O–H groups in total. The van der Waals surface area contributed by atoms with Crippen LogP contribution in [0.25, 0.3) is 5.69 Å². The predicted octanol–water partition coefficient (Wildman–Crippen LogP) is 0.926. The summed E-state index contributed by atoms with van der Waals surface area (Å²) >= 11 is 5.95. The van der Waals surface area contributed by atoms with Gasteiger partial charge in [0.1, 0.15) is 5.75 Å². The van der Waals surface area contributed by atoms with Gasteiger partial charge in [-0.25, -0.2) is 9.89 Å². The summed E-state index contributed by atoms with van der Waals surface area (Å²) in [6.07, 6.45) is 0. The van der Waals surface area contributed by atoms with Gasteiger partial charge in [-0.1, -0.05) is 11.6 Å². The maximum atomic E-state index is 11.4. The lowest BCUT2D eigenvalue weighted by atomic mass is 10.2. The van der Waals surface area contributed by atoms with E-state index >= 15 is 0 Å². The first-order chi connectivity index (χ1) is 7.63. The van der Waals surface area contributed by atoms with Gasteiger partial charge < -0.3 is 4.74 Å². The van der Waals surface area contributed by atoms with E-state index in [0.717, 1.165) is 10.2 Å². The van der Waals surface area contributed by atoms with Crippen LogP contribution in [-0.2, 0) is 0 Å². The zero-order chi connectivity index (χ0) is 11.7. The number of nitrogens with zero attached hydrogens (tertiary/aromatic N) is 3. The molecule has 0 aliphatic rings. The smallest absolute Gasteiger partial charge is 0.365 e. The summed E-state index contributed by atoms with van der Waals surface area (Å²) in [4.78, 5) is 11.4. The van der Waals surface area contributed by atoms with Crippen molar-refractivity contribution < 1.29 is 4.74 Å². The van der Waals surface area contributed by atoms with Crippen molar-refractivity contribution in [2.45, 2.75) is 6.92 Å². The molecule has 16 heavy (non-hydrogen) atoms. The van der Waals surface area contributed by atoms with Crippen molar-refractivity contribution in [1.82, 2.24) is 20.2 Å². The maximum Gasteiger partial charge on any atom is 0.365 e. The molecule has 7 heteroatoms. The first-order valence-electron chi connectivity index (χ1n) is 4.48. The van der Waals surface area contributed by atoms with Gasteiger partial charge in [0.15, 0.2) is 0 Å². The highest BCUT2D eigenvalue weighted by Crippen LogP contribution is 2.28. The third-order valence-corrected chi connectivity index (χ3v) is 2.47. The molecule has 0 amide bonds. The Hall–Kier alpha value is -1.82. The SMILES string of the molecule is COc1cc(-n2nn[nH]c2=O)c(C)cc1Cl. The van der Waals surface area contributed by atoms with E-state index in [4.69, 9.17) is 16.3 Å². The second-order valence-corrected chi connectivity index (χ2v) is 3.60. The average molecular weight is 241 g/mol. The monoisotopic (exact) mass is 240 g/mol. The van der Waals surface area contributed by atoms with Crippen LogP contribution in [0.5, 0.6) is 5.75 Å². The number of aromatic nitrogens is 4. The molecule has 1 aromatic heterocycles. The molecular formula is C9H9ClN4O2. The van der Waals surface area contributed by atoms with E-state index in [0.29, 0.717) is 16.5 Å². The molecule has 0 fully saturated rings. The maximum absolute atomic E-state index is 11.4. The molecule has 2 rings (SSSR count). The summed E-state index contributed by atoms with van der Waals surface area (Å²) in [5.41, 5.74) is 0.981. The predicted molar refractivity (Wildman–Crippen MR) is 58.3 cm³/mol. The van der Waals surface area contributed by atoms with E-state index in [-0.39, 0.29) is 0 Å². The van der Waals surface area contributed by atoms with Gasteiger partial charge in [0.05, 0.1) is 17.8 Å². The molecule has 0 saturated heterocycles. The third-order valence-electron chi connectivity index (χ3n) is 2.17. The van der Waals surface area contributed by atoms with Gasteiger partial charge in [0.2, 0.25) is 0 Å². The lowest BCUT2D eigenvalue weighted by molar-refractivity contribution is 0.414. The molecule has 2 aromatic rings. The third kappa shape index (κ3) is 1.67. The zero-order valence-corrected chi connectivity index (χ0v) is 9.45. The van der Waals surface area contributed by atoms with Gasteiger partial charge in [0.25, 0.3) is 0 Å². The molecule has 0 aliphatic carbocycles. The highest BCUT2D eigenvalue weighted by atomic mass is 35.5. The van der Waals surface area contributed by atoms with Crippen LogP contribution in [0.2, 0.25) is 5.02 Å². The summed E-state index contributed by atoms with van der Waals surface area (Å²) in [5.74, 6) is 0.483. The minimum absolute atomic E-state index is 0.410. The Labute approximate surface area is 95.8 Å². The zero-order valence-electron chi connectivity index (χ0n) is 8.69. The Bertz CT molecular complexity index is 575. The molecule has 0 spiro atoms. The number of aromatic amines is 1. The topological polar surface area (TPSA) is 72.8 Å². The Kier molecular flexibility index (Phi) is 2.66. The first kappa shape index (κ1) is 10.7. The van der Waals surface area contributed by atoms with Gasteiger partial charge in [-0.05, 0) is 29.0 Å². The molecule has 0 unspecified atom stereocenters. The summed E-state index contributed by atoms with van der Waals surface area (Å²) in [6.45, 7) is 1.82. The normalized spacial score (nSPS) is 10.4. The second-order valence-electron chi connectivity index (χ2n) is 3.19. The van der Waals surface area contributed by atoms with Crippen LogP contribution in [0.1, 0.15) is 5.56 Å². The number of rotatable bonds is 2. The van der Waals surface area contributed by atoms with Crippen molar-refractivity contribution in [3.05, 3.63) is 33.2 Å². The largest absolute Gasteiger partial charge is 0.495 e. The molecule has 1 aromatic carbocycles. The second kappa shape index (κ2) is 3.97. The quantitative estimate of drug-likeness (QED) is 0.848. The van der Waals surface area contributed by atoms with Gasteiger partial charge in [-0.3, -0.25) is 0 Å². The highest BCUT2D eigenvalue weighted by molar-refractivity contribution is 6.32. The number of benzene rings is 1. The number of ether oxygens (including phenoxy) is 1. The van der Waals surface area contributed by atoms with E-state index in [2.05, 4.69) is 15.5 Å². The van der Waals surface area contributed by atoms with Gasteiger partial charge in [-0.15, -0.1) is 0 Å². The standard InChI is InChI=1S/C9H9ClN4O2/c1-5-3-6(10)8(16-2)4-7(5)14-9(15)11-12-13-14/h3-4H,1-2H3,(H,11,13,15). The summed E-state index contributed by atoms with van der Waals surface area (Å²) < 4.78 is 6.22. The van der Waals surface area contributed by atoms with Crippen molar-refractivity contribution in [1.29, 1.82) is 0 Å². The van der Waals surface area contributed by atoms with Crippen LogP contribution in [0.4, 0.5) is 0 Å². The number of halogens is 1. The lowest BCUT2D eigenvalue weighted by Crippen LogP contribution is -2.17. The van der Waals surface area contributed by atoms with Crippen LogP contribution in [0.15, 0.2) is 16.9 Å². The van der Waals surface area contributed by atoms with E-state index in [1.165, 1.54) is 7.11 Å². The van der Waals surface area contributed by atoms with Gasteiger partial charge in [-0.2, -0.15) is 4.68 Å². The summed E-state index contributed by atoms with van der Waals surface area (Å²) in [6, 6.07) is 3.35. The number of hydrogen-bond acceptors (Lipinski definition) is 4. The van der Waals surface area contributed by atoms with Crippen molar-refractivity contribution in [2.24, 2.45) is 0 Å². The number of hydrogen-bond donors (Lipinski definition) is 1. The number of aryl methyl sites for hydroxylation is 1. The Morgan fingerprint density at radius 1 is 1.50 bits per heavy atom. The molecule has 0 aliphatic heterocycles. The number of H-pyrrole nitrogens is 1. The van der Waals surface area contributed by atoms with Crippen molar-refractivity contribution in [3.63, 3.8) is 0 Å². The van der Waals surface area contributed by atoms with Crippen molar-refractivity contribution >= 4 is 11.6 Å². The molecule has 84 valence electrons. The van der Waals surface area contributed by atoms with Crippen LogP contribution in [0.3, 0.4) is 0 Å². The fourth-order valence-electron chi connectivity index (χ4n) is 1.38. The minimum atomic E-state index is -0.410. The van der Waals surface area contributed by atoms with E-state index < -0.39 is 5.69 Å². The molecular weight excluding hydrogens is 232 g/mol. The van der Waals surface area contributed by atoms with Crippen molar-refractivity contribution in [2.75, 3.05) is 7.11 Å². The average Bonchev–Trinajstić information content (AvgIpc) is 2.65. The molecule has 0 bridgehead atoms. The minimum Gasteiger partial charge on any atom is -0.495 e. The molecule has 0 saturated carbocycles. The molecule has 1 heterocycles. The Morgan fingerprint density at radius 2 is 2.25 bits per heavy atom. The van der Waals surface area contributed by atoms with Crippen molar-refractivity contribution in [3.8, 4) is 11.4 Å². The van der Waals surface area contributed by atoms with Crippen LogP contribution >= 0.6 is 11.6 Å². The number of methoxy groups -OCH3 is 1. The van der Waals surface area contributed by atoms with Crippen LogP contribution in [0, 0.1) is 6.92 Å². The highest BCUT2D eigenvalue weighted by Gasteiger charge is 2.10. The van der Waals surface area contributed by atoms with Crippen LogP contribution in [-0.4, -0.2) is 27.3 Å². The number of nitrogens with one attached hydrogen (secondary N) is 1. The van der Waals surface area contributed by atoms with Crippen LogP contribution < -0.4 is 10.4 Å². The molecule has 0 radical (unpaired) electrons. The van der Waals surface area contributed by atoms with E-state index in [9.17, 15) is 4.79 Å². The summed E-state index contributed by atoms with van der Waals surface area (Å²) in [5, 5.41) is 9.78. The molecule has 6 nitrogen and oxygen atoms in total. The Morgan fingerprint density at radius 3 is 2.81 bits per heavy atom. The fourth-order valence-corrected chi connectivity index (χ4v) is 1.68. The molecule has 0 atom stereocenters. The Balaban J connectivity index is 2.66. The summed E-state index contributed by atoms with van der Waals surface area (Å²) in [7, 11) is 1.51.